The zero-order valence-electron chi connectivity index (χ0n) is 11.8. The van der Waals surface area contributed by atoms with Gasteiger partial charge in [-0.1, -0.05) is 35.9 Å². The maximum absolute atomic E-state index is 13.1. The van der Waals surface area contributed by atoms with E-state index in [1.165, 1.54) is 12.1 Å². The van der Waals surface area contributed by atoms with Crippen molar-refractivity contribution in [2.24, 2.45) is 0 Å². The molecule has 1 atom stereocenters. The molecule has 3 rings (SSSR count). The van der Waals surface area contributed by atoms with Gasteiger partial charge in [0.2, 0.25) is 6.10 Å². The summed E-state index contributed by atoms with van der Waals surface area (Å²) in [6.07, 6.45) is 1.10. The third kappa shape index (κ3) is 3.57. The third-order valence-corrected chi connectivity index (χ3v) is 3.73. The van der Waals surface area contributed by atoms with Gasteiger partial charge in [0.15, 0.2) is 0 Å². The molecule has 0 radical (unpaired) electrons. The summed E-state index contributed by atoms with van der Waals surface area (Å²) in [7, 11) is 0. The molecule has 2 aromatic rings. The summed E-state index contributed by atoms with van der Waals surface area (Å²) in [4.78, 5) is 12.4. The van der Waals surface area contributed by atoms with E-state index in [0.29, 0.717) is 16.3 Å². The van der Waals surface area contributed by atoms with Crippen LogP contribution in [0.1, 0.15) is 24.5 Å². The molecule has 5 heteroatoms. The van der Waals surface area contributed by atoms with Crippen molar-refractivity contribution in [2.75, 3.05) is 0 Å². The number of amides is 1. The predicted molar refractivity (Wildman–Crippen MR) is 82.4 cm³/mol. The van der Waals surface area contributed by atoms with Gasteiger partial charge >= 0.3 is 0 Å². The van der Waals surface area contributed by atoms with Crippen molar-refractivity contribution in [3.05, 3.63) is 64.9 Å². The van der Waals surface area contributed by atoms with Crippen LogP contribution in [0.25, 0.3) is 0 Å². The highest BCUT2D eigenvalue weighted by molar-refractivity contribution is 6.32. The molecule has 1 aliphatic carbocycles. The van der Waals surface area contributed by atoms with Gasteiger partial charge in [0.05, 0.1) is 5.02 Å². The molecule has 1 amide bonds. The van der Waals surface area contributed by atoms with Crippen LogP contribution >= 0.6 is 11.6 Å². The van der Waals surface area contributed by atoms with Crippen LogP contribution in [0.3, 0.4) is 0 Å². The fourth-order valence-corrected chi connectivity index (χ4v) is 2.26. The van der Waals surface area contributed by atoms with E-state index in [2.05, 4.69) is 5.32 Å². The number of nitrogens with one attached hydrogen (secondary N) is 1. The Balaban J connectivity index is 1.86. The van der Waals surface area contributed by atoms with Gasteiger partial charge in [0.1, 0.15) is 11.6 Å². The summed E-state index contributed by atoms with van der Waals surface area (Å²) in [5.41, 5.74) is 0.583. The van der Waals surface area contributed by atoms with Crippen molar-refractivity contribution in [2.45, 2.75) is 25.0 Å². The van der Waals surface area contributed by atoms with Crippen LogP contribution in [0.2, 0.25) is 5.02 Å². The average Bonchev–Trinajstić information content (AvgIpc) is 3.31. The first-order chi connectivity index (χ1) is 10.6. The van der Waals surface area contributed by atoms with Crippen molar-refractivity contribution in [1.29, 1.82) is 0 Å². The second kappa shape index (κ2) is 6.36. The van der Waals surface area contributed by atoms with Crippen LogP contribution in [0, 0.1) is 5.82 Å². The molecule has 0 heterocycles. The molecule has 1 aliphatic rings. The summed E-state index contributed by atoms with van der Waals surface area (Å²) >= 11 is 6.09. The van der Waals surface area contributed by atoms with Crippen LogP contribution < -0.4 is 10.1 Å². The molecule has 1 fully saturated rings. The molecule has 0 saturated heterocycles. The Labute approximate surface area is 133 Å². The third-order valence-electron chi connectivity index (χ3n) is 3.42. The number of carbonyl (C=O) groups excluding carboxylic acids is 1. The fourth-order valence-electron chi connectivity index (χ4n) is 2.08. The molecule has 3 nitrogen and oxygen atoms in total. The van der Waals surface area contributed by atoms with Crippen molar-refractivity contribution < 1.29 is 13.9 Å². The molecule has 22 heavy (non-hydrogen) atoms. The Morgan fingerprint density at radius 1 is 1.18 bits per heavy atom. The lowest BCUT2D eigenvalue weighted by atomic mass is 10.1. The van der Waals surface area contributed by atoms with E-state index in [0.717, 1.165) is 12.8 Å². The van der Waals surface area contributed by atoms with Gasteiger partial charge in [-0.3, -0.25) is 4.79 Å². The number of benzene rings is 2. The maximum Gasteiger partial charge on any atom is 0.266 e. The normalized spacial score (nSPS) is 15.2. The Morgan fingerprint density at radius 3 is 2.50 bits per heavy atom. The van der Waals surface area contributed by atoms with Crippen LogP contribution in [-0.4, -0.2) is 11.9 Å². The van der Waals surface area contributed by atoms with E-state index in [4.69, 9.17) is 16.3 Å². The van der Waals surface area contributed by atoms with E-state index in [9.17, 15) is 9.18 Å². The number of rotatable bonds is 5. The lowest BCUT2D eigenvalue weighted by molar-refractivity contribution is -0.128. The largest absolute Gasteiger partial charge is 0.474 e. The van der Waals surface area contributed by atoms with Crippen molar-refractivity contribution in [1.82, 2.24) is 5.32 Å². The lowest BCUT2D eigenvalue weighted by Gasteiger charge is -2.19. The molecule has 114 valence electrons. The van der Waals surface area contributed by atoms with Crippen LogP contribution in [0.4, 0.5) is 4.39 Å². The van der Waals surface area contributed by atoms with Crippen molar-refractivity contribution in [3.8, 4) is 5.75 Å². The van der Waals surface area contributed by atoms with E-state index in [1.807, 2.05) is 0 Å². The van der Waals surface area contributed by atoms with Gasteiger partial charge in [-0.2, -0.15) is 0 Å². The Kier molecular flexibility index (Phi) is 4.29. The molecule has 2 aromatic carbocycles. The number of halogens is 2. The van der Waals surface area contributed by atoms with Gasteiger partial charge in [-0.25, -0.2) is 4.39 Å². The Bertz CT molecular complexity index is 671. The average molecular weight is 320 g/mol. The van der Waals surface area contributed by atoms with Gasteiger partial charge < -0.3 is 10.1 Å². The van der Waals surface area contributed by atoms with E-state index in [1.54, 1.807) is 36.4 Å². The molecular formula is C17H15ClFNO2. The Hall–Kier alpha value is -2.07. The minimum atomic E-state index is -0.860. The van der Waals surface area contributed by atoms with Crippen molar-refractivity contribution >= 4 is 17.5 Å². The fraction of sp³-hybridized carbons (Fsp3) is 0.235. The van der Waals surface area contributed by atoms with Crippen LogP contribution in [0.15, 0.2) is 48.5 Å². The zero-order chi connectivity index (χ0) is 15.5. The standard InChI is InChI=1S/C17H15ClFNO2/c18-14-3-1-2-4-15(14)22-16(17(21)20-13-9-10-13)11-5-7-12(19)8-6-11/h1-8,13,16H,9-10H2,(H,20,21). The number of para-hydroxylation sites is 1. The second-order valence-electron chi connectivity index (χ2n) is 5.26. The zero-order valence-corrected chi connectivity index (χ0v) is 12.5. The quantitative estimate of drug-likeness (QED) is 0.908. The van der Waals surface area contributed by atoms with E-state index < -0.39 is 6.10 Å². The summed E-state index contributed by atoms with van der Waals surface area (Å²) in [6.45, 7) is 0. The summed E-state index contributed by atoms with van der Waals surface area (Å²) < 4.78 is 18.9. The SMILES string of the molecule is O=C(NC1CC1)C(Oc1ccccc1Cl)c1ccc(F)cc1. The molecule has 1 saturated carbocycles. The van der Waals surface area contributed by atoms with Crippen molar-refractivity contribution in [3.63, 3.8) is 0 Å². The highest BCUT2D eigenvalue weighted by atomic mass is 35.5. The van der Waals surface area contributed by atoms with Gasteiger partial charge in [-0.05, 0) is 37.1 Å². The maximum atomic E-state index is 13.1. The van der Waals surface area contributed by atoms with Gasteiger partial charge in [0.25, 0.3) is 5.91 Å². The lowest BCUT2D eigenvalue weighted by Crippen LogP contribution is -2.33. The van der Waals surface area contributed by atoms with E-state index >= 15 is 0 Å². The Morgan fingerprint density at radius 2 is 1.86 bits per heavy atom. The molecule has 0 spiro atoms. The second-order valence-corrected chi connectivity index (χ2v) is 5.67. The number of hydrogen-bond donors (Lipinski definition) is 1. The first-order valence-electron chi connectivity index (χ1n) is 7.10. The molecular weight excluding hydrogens is 305 g/mol. The summed E-state index contributed by atoms with van der Waals surface area (Å²) in [5.74, 6) is -0.179. The summed E-state index contributed by atoms with van der Waals surface area (Å²) in [5, 5.41) is 3.33. The number of hydrogen-bond acceptors (Lipinski definition) is 2. The van der Waals surface area contributed by atoms with Crippen LogP contribution in [-0.2, 0) is 4.79 Å². The monoisotopic (exact) mass is 319 g/mol. The highest BCUT2D eigenvalue weighted by Gasteiger charge is 2.30. The molecule has 1 N–H and O–H groups in total. The number of ether oxygens (including phenoxy) is 1. The first kappa shape index (κ1) is 14.9. The smallest absolute Gasteiger partial charge is 0.266 e. The minimum Gasteiger partial charge on any atom is -0.474 e. The molecule has 0 bridgehead atoms. The van der Waals surface area contributed by atoms with Crippen LogP contribution in [0.5, 0.6) is 5.75 Å². The van der Waals surface area contributed by atoms with Gasteiger partial charge in [0, 0.05) is 11.6 Å². The molecule has 1 unspecified atom stereocenters. The highest BCUT2D eigenvalue weighted by Crippen LogP contribution is 2.30. The first-order valence-corrected chi connectivity index (χ1v) is 7.48. The predicted octanol–water partition coefficient (Wildman–Crippen LogP) is 3.88. The van der Waals surface area contributed by atoms with E-state index in [-0.39, 0.29) is 17.8 Å². The molecule has 0 aliphatic heterocycles. The topological polar surface area (TPSA) is 38.3 Å². The number of carbonyl (C=O) groups is 1. The summed E-state index contributed by atoms with van der Waals surface area (Å²) in [6, 6.07) is 12.9. The van der Waals surface area contributed by atoms with Gasteiger partial charge in [-0.15, -0.1) is 0 Å². The minimum absolute atomic E-state index is 0.213. The molecule has 0 aromatic heterocycles.